The van der Waals surface area contributed by atoms with Crippen molar-refractivity contribution in [1.82, 2.24) is 5.43 Å². The van der Waals surface area contributed by atoms with Crippen molar-refractivity contribution in [2.24, 2.45) is 0 Å². The number of thiophene rings is 1. The monoisotopic (exact) mass is 243 g/mol. The van der Waals surface area contributed by atoms with Crippen molar-refractivity contribution < 1.29 is 4.79 Å². The van der Waals surface area contributed by atoms with Crippen molar-refractivity contribution in [1.29, 1.82) is 5.26 Å². The first-order valence-electron chi connectivity index (χ1n) is 4.89. The van der Waals surface area contributed by atoms with Gasteiger partial charge in [-0.2, -0.15) is 5.26 Å². The van der Waals surface area contributed by atoms with Crippen LogP contribution in [0.5, 0.6) is 0 Å². The second-order valence-corrected chi connectivity index (χ2v) is 4.19. The van der Waals surface area contributed by atoms with E-state index >= 15 is 0 Å². The lowest BCUT2D eigenvalue weighted by Gasteiger charge is -2.06. The number of carbonyl (C=O) groups excluding carboxylic acids is 1. The lowest BCUT2D eigenvalue weighted by Crippen LogP contribution is -2.28. The summed E-state index contributed by atoms with van der Waals surface area (Å²) in [6.45, 7) is 0. The smallest absolute Gasteiger partial charge is 0.279 e. The maximum atomic E-state index is 11.6. The van der Waals surface area contributed by atoms with Gasteiger partial charge in [-0.05, 0) is 35.7 Å². The second kappa shape index (κ2) is 5.14. The Morgan fingerprint density at radius 1 is 1.24 bits per heavy atom. The Morgan fingerprint density at radius 3 is 2.59 bits per heavy atom. The molecule has 1 heterocycles. The van der Waals surface area contributed by atoms with E-state index in [-0.39, 0.29) is 5.91 Å². The van der Waals surface area contributed by atoms with Gasteiger partial charge in [0.1, 0.15) is 0 Å². The maximum absolute atomic E-state index is 11.6. The first kappa shape index (κ1) is 11.2. The van der Waals surface area contributed by atoms with E-state index in [9.17, 15) is 4.79 Å². The maximum Gasteiger partial charge on any atom is 0.279 e. The summed E-state index contributed by atoms with van der Waals surface area (Å²) in [7, 11) is 0. The molecule has 84 valence electrons. The first-order valence-corrected chi connectivity index (χ1v) is 5.77. The number of amides is 1. The molecule has 0 bridgehead atoms. The van der Waals surface area contributed by atoms with Crippen LogP contribution in [0.2, 0.25) is 0 Å². The number of anilines is 1. The van der Waals surface area contributed by atoms with E-state index in [2.05, 4.69) is 10.9 Å². The van der Waals surface area contributed by atoms with Crippen molar-refractivity contribution in [3.63, 3.8) is 0 Å². The van der Waals surface area contributed by atoms with Crippen LogP contribution in [0, 0.1) is 11.3 Å². The van der Waals surface area contributed by atoms with Crippen LogP contribution >= 0.6 is 11.3 Å². The number of benzene rings is 1. The van der Waals surface area contributed by atoms with E-state index in [0.29, 0.717) is 10.4 Å². The number of rotatable bonds is 3. The molecular weight excluding hydrogens is 234 g/mol. The zero-order valence-corrected chi connectivity index (χ0v) is 9.62. The number of hydrogen-bond donors (Lipinski definition) is 2. The highest BCUT2D eigenvalue weighted by molar-refractivity contribution is 7.12. The molecule has 0 spiro atoms. The van der Waals surface area contributed by atoms with Crippen molar-refractivity contribution >= 4 is 22.9 Å². The third kappa shape index (κ3) is 2.83. The van der Waals surface area contributed by atoms with Gasteiger partial charge in [0.25, 0.3) is 5.91 Å². The van der Waals surface area contributed by atoms with E-state index in [1.54, 1.807) is 30.3 Å². The van der Waals surface area contributed by atoms with Crippen LogP contribution in [0.15, 0.2) is 41.8 Å². The van der Waals surface area contributed by atoms with Crippen LogP contribution in [0.1, 0.15) is 15.2 Å². The average molecular weight is 243 g/mol. The molecule has 0 unspecified atom stereocenters. The molecule has 1 aromatic carbocycles. The van der Waals surface area contributed by atoms with Crippen molar-refractivity contribution in [3.05, 3.63) is 52.2 Å². The Bertz CT molecular complexity index is 540. The summed E-state index contributed by atoms with van der Waals surface area (Å²) in [5.41, 5.74) is 6.67. The minimum atomic E-state index is -0.177. The van der Waals surface area contributed by atoms with Gasteiger partial charge < -0.3 is 0 Å². The summed E-state index contributed by atoms with van der Waals surface area (Å²) in [4.78, 5) is 12.2. The molecule has 1 amide bonds. The highest BCUT2D eigenvalue weighted by Gasteiger charge is 2.04. The quantitative estimate of drug-likeness (QED) is 0.813. The Balaban J connectivity index is 1.94. The fraction of sp³-hybridized carbons (Fsp3) is 0. The number of nitrogens with zero attached hydrogens (tertiary/aromatic N) is 1. The molecule has 0 saturated carbocycles. The molecule has 0 saturated heterocycles. The van der Waals surface area contributed by atoms with Crippen LogP contribution in [-0.2, 0) is 0 Å². The molecule has 0 atom stereocenters. The van der Waals surface area contributed by atoms with Crippen LogP contribution in [-0.4, -0.2) is 5.91 Å². The fourth-order valence-electron chi connectivity index (χ4n) is 1.23. The Hall–Kier alpha value is -2.32. The lowest BCUT2D eigenvalue weighted by molar-refractivity contribution is 0.0966. The lowest BCUT2D eigenvalue weighted by atomic mass is 10.2. The number of nitrogens with one attached hydrogen (secondary N) is 2. The topological polar surface area (TPSA) is 64.9 Å². The van der Waals surface area contributed by atoms with Gasteiger partial charge in [0, 0.05) is 0 Å². The van der Waals surface area contributed by atoms with Crippen LogP contribution in [0.4, 0.5) is 5.69 Å². The van der Waals surface area contributed by atoms with Crippen molar-refractivity contribution in [2.45, 2.75) is 0 Å². The SMILES string of the molecule is N#Cc1ccc(NNC(=O)c2cccs2)cc1. The Labute approximate surface area is 102 Å². The van der Waals surface area contributed by atoms with Crippen LogP contribution in [0.3, 0.4) is 0 Å². The van der Waals surface area contributed by atoms with Gasteiger partial charge in [-0.3, -0.25) is 15.6 Å². The first-order chi connectivity index (χ1) is 8.29. The molecule has 4 nitrogen and oxygen atoms in total. The van der Waals surface area contributed by atoms with E-state index < -0.39 is 0 Å². The molecule has 2 N–H and O–H groups in total. The largest absolute Gasteiger partial charge is 0.298 e. The van der Waals surface area contributed by atoms with Gasteiger partial charge in [0.15, 0.2) is 0 Å². The van der Waals surface area contributed by atoms with Gasteiger partial charge in [-0.15, -0.1) is 11.3 Å². The molecule has 0 aliphatic rings. The van der Waals surface area contributed by atoms with E-state index in [4.69, 9.17) is 5.26 Å². The van der Waals surface area contributed by atoms with Crippen LogP contribution < -0.4 is 10.9 Å². The zero-order valence-electron chi connectivity index (χ0n) is 8.81. The highest BCUT2D eigenvalue weighted by atomic mass is 32.1. The summed E-state index contributed by atoms with van der Waals surface area (Å²) in [6, 6.07) is 12.4. The summed E-state index contributed by atoms with van der Waals surface area (Å²) >= 11 is 1.38. The number of hydrazine groups is 1. The summed E-state index contributed by atoms with van der Waals surface area (Å²) in [6.07, 6.45) is 0. The van der Waals surface area contributed by atoms with Crippen molar-refractivity contribution in [2.75, 3.05) is 5.43 Å². The standard InChI is InChI=1S/C12H9N3OS/c13-8-9-3-5-10(6-4-9)14-15-12(16)11-2-1-7-17-11/h1-7,14H,(H,15,16). The van der Waals surface area contributed by atoms with Gasteiger partial charge in [-0.25, -0.2) is 0 Å². The third-order valence-electron chi connectivity index (χ3n) is 2.08. The third-order valence-corrected chi connectivity index (χ3v) is 2.95. The summed E-state index contributed by atoms with van der Waals surface area (Å²) in [5, 5.41) is 10.5. The fourth-order valence-corrected chi connectivity index (χ4v) is 1.85. The molecular formula is C12H9N3OS. The second-order valence-electron chi connectivity index (χ2n) is 3.25. The van der Waals surface area contributed by atoms with Crippen LogP contribution in [0.25, 0.3) is 0 Å². The predicted octanol–water partition coefficient (Wildman–Crippen LogP) is 2.38. The molecule has 2 rings (SSSR count). The molecule has 5 heteroatoms. The van der Waals surface area contributed by atoms with Gasteiger partial charge in [0.05, 0.1) is 22.2 Å². The highest BCUT2D eigenvalue weighted by Crippen LogP contribution is 2.10. The van der Waals surface area contributed by atoms with E-state index in [1.165, 1.54) is 11.3 Å². The molecule has 2 aromatic rings. The summed E-state index contributed by atoms with van der Waals surface area (Å²) < 4.78 is 0. The summed E-state index contributed by atoms with van der Waals surface area (Å²) in [5.74, 6) is -0.177. The molecule has 17 heavy (non-hydrogen) atoms. The van der Waals surface area contributed by atoms with Crippen molar-refractivity contribution in [3.8, 4) is 6.07 Å². The number of nitriles is 1. The van der Waals surface area contributed by atoms with E-state index in [0.717, 1.165) is 5.69 Å². The normalized spacial score (nSPS) is 9.35. The molecule has 0 aliphatic heterocycles. The van der Waals surface area contributed by atoms with Gasteiger partial charge >= 0.3 is 0 Å². The average Bonchev–Trinajstić information content (AvgIpc) is 2.90. The molecule has 1 aromatic heterocycles. The predicted molar refractivity (Wildman–Crippen MR) is 66.6 cm³/mol. The minimum Gasteiger partial charge on any atom is -0.298 e. The van der Waals surface area contributed by atoms with Gasteiger partial charge in [0.2, 0.25) is 0 Å². The molecule has 0 radical (unpaired) electrons. The van der Waals surface area contributed by atoms with Gasteiger partial charge in [-0.1, -0.05) is 6.07 Å². The number of hydrogen-bond acceptors (Lipinski definition) is 4. The number of carbonyl (C=O) groups is 1. The van der Waals surface area contributed by atoms with E-state index in [1.807, 2.05) is 17.5 Å². The zero-order chi connectivity index (χ0) is 12.1. The Kier molecular flexibility index (Phi) is 3.38. The molecule has 0 fully saturated rings. The minimum absolute atomic E-state index is 0.177. The molecule has 0 aliphatic carbocycles. The Morgan fingerprint density at radius 2 is 2.00 bits per heavy atom.